The minimum Gasteiger partial charge on any atom is -0.434 e. The first-order valence-corrected chi connectivity index (χ1v) is 9.74. The van der Waals surface area contributed by atoms with Crippen molar-refractivity contribution < 1.29 is 26.7 Å². The Kier molecular flexibility index (Phi) is 5.88. The molecule has 1 saturated heterocycles. The molecule has 3 aromatic rings. The first-order chi connectivity index (χ1) is 15.3. The van der Waals surface area contributed by atoms with Gasteiger partial charge in [0.05, 0.1) is 35.3 Å². The van der Waals surface area contributed by atoms with Gasteiger partial charge in [0.2, 0.25) is 5.95 Å². The van der Waals surface area contributed by atoms with Gasteiger partial charge in [-0.1, -0.05) is 6.07 Å². The van der Waals surface area contributed by atoms with E-state index in [1.165, 1.54) is 22.8 Å². The van der Waals surface area contributed by atoms with E-state index in [1.807, 2.05) is 6.07 Å². The summed E-state index contributed by atoms with van der Waals surface area (Å²) in [5, 5.41) is 9.07. The molecule has 1 aromatic heterocycles. The largest absolute Gasteiger partial charge is 0.434 e. The lowest BCUT2D eigenvalue weighted by Gasteiger charge is -2.34. The fourth-order valence-corrected chi connectivity index (χ4v) is 3.77. The summed E-state index contributed by atoms with van der Waals surface area (Å²) in [6.45, 7) is -2.86. The molecule has 2 aromatic carbocycles. The van der Waals surface area contributed by atoms with Gasteiger partial charge in [-0.25, -0.2) is 18.2 Å². The molecule has 1 aliphatic rings. The maximum absolute atomic E-state index is 14.0. The molecular weight excluding hydrogens is 433 g/mol. The van der Waals surface area contributed by atoms with E-state index < -0.39 is 30.5 Å². The second-order valence-corrected chi connectivity index (χ2v) is 7.48. The standard InChI is InChI=1S/C21H18F5N5O/c22-13-3-4-30(10-16(13)28)21-29-17-6-14(23)15(24)7-18(17)31(21)9-12-2-1-11(8-27)5-19(12)32-20(25)26/h1-2,5-7,13,16,20H,3-4,9-10,28H2/t13-,16-/m1/s1. The molecule has 4 rings (SSSR count). The number of piperidine rings is 1. The van der Waals surface area contributed by atoms with Crippen molar-refractivity contribution >= 4 is 17.0 Å². The lowest BCUT2D eigenvalue weighted by Crippen LogP contribution is -2.50. The van der Waals surface area contributed by atoms with Crippen molar-refractivity contribution in [1.29, 1.82) is 5.26 Å². The lowest BCUT2D eigenvalue weighted by molar-refractivity contribution is -0.0504. The Hall–Kier alpha value is -3.39. The number of ether oxygens (including phenoxy) is 1. The quantitative estimate of drug-likeness (QED) is 0.599. The maximum Gasteiger partial charge on any atom is 0.387 e. The summed E-state index contributed by atoms with van der Waals surface area (Å²) >= 11 is 0. The SMILES string of the molecule is N#Cc1ccc(Cn2c(N3CC[C@@H](F)[C@H](N)C3)nc3cc(F)c(F)cc32)c(OC(F)F)c1. The summed E-state index contributed by atoms with van der Waals surface area (Å²) in [6, 6.07) is 7.00. The first-order valence-electron chi connectivity index (χ1n) is 9.74. The van der Waals surface area contributed by atoms with Crippen molar-refractivity contribution in [3.63, 3.8) is 0 Å². The Morgan fingerprint density at radius 3 is 2.66 bits per heavy atom. The van der Waals surface area contributed by atoms with Crippen LogP contribution in [0.1, 0.15) is 17.5 Å². The first kappa shape index (κ1) is 21.8. The van der Waals surface area contributed by atoms with Crippen molar-refractivity contribution in [1.82, 2.24) is 9.55 Å². The van der Waals surface area contributed by atoms with E-state index in [4.69, 9.17) is 11.0 Å². The smallest absolute Gasteiger partial charge is 0.387 e. The number of imidazole rings is 1. The van der Waals surface area contributed by atoms with E-state index in [0.717, 1.165) is 12.1 Å². The summed E-state index contributed by atoms with van der Waals surface area (Å²) in [6.07, 6.45) is -1.05. The summed E-state index contributed by atoms with van der Waals surface area (Å²) < 4.78 is 73.7. The molecule has 0 saturated carbocycles. The lowest BCUT2D eigenvalue weighted by atomic mass is 10.1. The van der Waals surface area contributed by atoms with Crippen LogP contribution in [0.5, 0.6) is 5.75 Å². The number of fused-ring (bicyclic) bond motifs is 1. The van der Waals surface area contributed by atoms with Gasteiger partial charge in [-0.15, -0.1) is 0 Å². The van der Waals surface area contributed by atoms with Crippen LogP contribution in [0.3, 0.4) is 0 Å². The molecule has 168 valence electrons. The fraction of sp³-hybridized carbons (Fsp3) is 0.333. The van der Waals surface area contributed by atoms with Crippen LogP contribution in [0.25, 0.3) is 11.0 Å². The van der Waals surface area contributed by atoms with Gasteiger partial charge in [-0.3, -0.25) is 0 Å². The van der Waals surface area contributed by atoms with E-state index in [9.17, 15) is 22.0 Å². The number of alkyl halides is 3. The monoisotopic (exact) mass is 451 g/mol. The summed E-state index contributed by atoms with van der Waals surface area (Å²) in [5.74, 6) is -2.16. The number of benzene rings is 2. The second kappa shape index (κ2) is 8.63. The number of nitriles is 1. The van der Waals surface area contributed by atoms with Crippen molar-refractivity contribution in [2.24, 2.45) is 5.73 Å². The highest BCUT2D eigenvalue weighted by atomic mass is 19.3. The Morgan fingerprint density at radius 1 is 1.22 bits per heavy atom. The van der Waals surface area contributed by atoms with Crippen molar-refractivity contribution in [3.05, 3.63) is 53.1 Å². The highest BCUT2D eigenvalue weighted by Crippen LogP contribution is 2.31. The zero-order valence-electron chi connectivity index (χ0n) is 16.6. The highest BCUT2D eigenvalue weighted by Gasteiger charge is 2.30. The number of halogens is 5. The maximum atomic E-state index is 14.0. The number of rotatable bonds is 5. The molecule has 0 bridgehead atoms. The molecule has 1 fully saturated rings. The van der Waals surface area contributed by atoms with Crippen LogP contribution in [0, 0.1) is 23.0 Å². The second-order valence-electron chi connectivity index (χ2n) is 7.48. The van der Waals surface area contributed by atoms with Gasteiger partial charge < -0.3 is 19.9 Å². The average Bonchev–Trinajstić information content (AvgIpc) is 3.08. The molecule has 32 heavy (non-hydrogen) atoms. The predicted molar refractivity (Wildman–Crippen MR) is 106 cm³/mol. The van der Waals surface area contributed by atoms with Crippen LogP contribution in [-0.2, 0) is 6.54 Å². The van der Waals surface area contributed by atoms with Gasteiger partial charge in [0, 0.05) is 30.8 Å². The number of nitrogens with zero attached hydrogens (tertiary/aromatic N) is 4. The predicted octanol–water partition coefficient (Wildman–Crippen LogP) is 3.71. The van der Waals surface area contributed by atoms with Crippen LogP contribution in [0.2, 0.25) is 0 Å². The van der Waals surface area contributed by atoms with E-state index in [0.29, 0.717) is 0 Å². The molecule has 0 spiro atoms. The van der Waals surface area contributed by atoms with Crippen LogP contribution in [0.4, 0.5) is 27.9 Å². The topological polar surface area (TPSA) is 80.1 Å². The molecular formula is C21H18F5N5O. The van der Waals surface area contributed by atoms with Gasteiger partial charge in [0.1, 0.15) is 11.9 Å². The molecule has 1 aliphatic heterocycles. The zero-order valence-corrected chi connectivity index (χ0v) is 16.6. The third-order valence-electron chi connectivity index (χ3n) is 5.36. The van der Waals surface area contributed by atoms with E-state index in [2.05, 4.69) is 9.72 Å². The highest BCUT2D eigenvalue weighted by molar-refractivity contribution is 5.79. The zero-order chi connectivity index (χ0) is 23.0. The van der Waals surface area contributed by atoms with E-state index >= 15 is 0 Å². The molecule has 0 radical (unpaired) electrons. The van der Waals surface area contributed by atoms with Crippen LogP contribution in [0.15, 0.2) is 30.3 Å². The van der Waals surface area contributed by atoms with E-state index in [1.54, 1.807) is 4.90 Å². The molecule has 6 nitrogen and oxygen atoms in total. The van der Waals surface area contributed by atoms with Crippen LogP contribution >= 0.6 is 0 Å². The Labute approximate surface area is 179 Å². The number of aromatic nitrogens is 2. The molecule has 0 aliphatic carbocycles. The van der Waals surface area contributed by atoms with Gasteiger partial charge in [0.15, 0.2) is 11.6 Å². The van der Waals surface area contributed by atoms with Gasteiger partial charge in [-0.05, 0) is 18.6 Å². The normalized spacial score (nSPS) is 18.9. The van der Waals surface area contributed by atoms with Crippen molar-refractivity contribution in [3.8, 4) is 11.8 Å². The van der Waals surface area contributed by atoms with Gasteiger partial charge >= 0.3 is 6.61 Å². The Bertz CT molecular complexity index is 1190. The van der Waals surface area contributed by atoms with Crippen molar-refractivity contribution in [2.75, 3.05) is 18.0 Å². The Balaban J connectivity index is 1.83. The molecule has 0 amide bonds. The number of hydrogen-bond acceptors (Lipinski definition) is 5. The van der Waals surface area contributed by atoms with Gasteiger partial charge in [-0.2, -0.15) is 14.0 Å². The van der Waals surface area contributed by atoms with Gasteiger partial charge in [0.25, 0.3) is 0 Å². The van der Waals surface area contributed by atoms with Crippen LogP contribution in [-0.4, -0.2) is 41.5 Å². The molecule has 0 unspecified atom stereocenters. The average molecular weight is 451 g/mol. The van der Waals surface area contributed by atoms with Crippen molar-refractivity contribution in [2.45, 2.75) is 31.8 Å². The third kappa shape index (κ3) is 4.18. The summed E-state index contributed by atoms with van der Waals surface area (Å²) in [7, 11) is 0. The number of anilines is 1. The molecule has 2 atom stereocenters. The Morgan fingerprint density at radius 2 is 1.97 bits per heavy atom. The fourth-order valence-electron chi connectivity index (χ4n) is 3.77. The number of nitrogens with two attached hydrogens (primary N) is 1. The van der Waals surface area contributed by atoms with E-state index in [-0.39, 0.29) is 59.9 Å². The summed E-state index contributed by atoms with van der Waals surface area (Å²) in [4.78, 5) is 6.07. The minimum atomic E-state index is -3.13. The molecule has 11 heteroatoms. The molecule has 2 N–H and O–H groups in total. The van der Waals surface area contributed by atoms with Crippen LogP contribution < -0.4 is 15.4 Å². The third-order valence-corrected chi connectivity index (χ3v) is 5.36. The summed E-state index contributed by atoms with van der Waals surface area (Å²) in [5.41, 5.74) is 6.58. The number of hydrogen-bond donors (Lipinski definition) is 1. The minimum absolute atomic E-state index is 0.102. The molecule has 2 heterocycles.